The van der Waals surface area contributed by atoms with Crippen molar-refractivity contribution < 1.29 is 41.7 Å². The predicted molar refractivity (Wildman–Crippen MR) is 149 cm³/mol. The van der Waals surface area contributed by atoms with Gasteiger partial charge in [0.2, 0.25) is 0 Å². The first kappa shape index (κ1) is 33.6. The van der Waals surface area contributed by atoms with Crippen molar-refractivity contribution in [1.29, 1.82) is 0 Å². The van der Waals surface area contributed by atoms with Gasteiger partial charge in [0.15, 0.2) is 0 Å². The minimum absolute atomic E-state index is 0.0354. The molecule has 1 aromatic carbocycles. The Morgan fingerprint density at radius 3 is 2.35 bits per heavy atom. The van der Waals surface area contributed by atoms with Crippen LogP contribution in [0.25, 0.3) is 0 Å². The first-order valence-electron chi connectivity index (χ1n) is 13.7. The number of alkyl halides is 3. The predicted octanol–water partition coefficient (Wildman–Crippen LogP) is 4.18. The fourth-order valence-corrected chi connectivity index (χ4v) is 4.14. The van der Waals surface area contributed by atoms with Crippen LogP contribution < -0.4 is 16.0 Å². The number of esters is 1. The molecule has 13 heteroatoms. The Hall–Kier alpha value is -3.89. The third kappa shape index (κ3) is 8.36. The van der Waals surface area contributed by atoms with Gasteiger partial charge in [-0.05, 0) is 51.5 Å². The van der Waals surface area contributed by atoms with Gasteiger partial charge in [-0.25, -0.2) is 4.79 Å². The number of halogens is 3. The molecule has 0 amide bonds. The molecule has 1 fully saturated rings. The molecule has 0 saturated carbocycles. The lowest BCUT2D eigenvalue weighted by Crippen LogP contribution is -2.47. The molecule has 2 heterocycles. The Kier molecular flexibility index (Phi) is 11.0. The van der Waals surface area contributed by atoms with Crippen LogP contribution in [0.4, 0.5) is 13.2 Å². The number of nitrogens with zero attached hydrogens (tertiary/aromatic N) is 2. The van der Waals surface area contributed by atoms with Crippen molar-refractivity contribution >= 4 is 11.9 Å². The molecule has 1 saturated heterocycles. The number of carbonyl (C=O) groups is 2. The van der Waals surface area contributed by atoms with E-state index in [9.17, 15) is 32.3 Å². The molecule has 0 unspecified atom stereocenters. The first-order chi connectivity index (χ1) is 20.2. The van der Waals surface area contributed by atoms with E-state index in [2.05, 4.69) is 11.8 Å². The molecule has 0 N–H and O–H groups in total. The van der Waals surface area contributed by atoms with Gasteiger partial charge in [0.25, 0.3) is 11.5 Å². The van der Waals surface area contributed by atoms with Crippen molar-refractivity contribution in [2.45, 2.75) is 78.0 Å². The van der Waals surface area contributed by atoms with E-state index in [4.69, 9.17) is 18.9 Å². The summed E-state index contributed by atoms with van der Waals surface area (Å²) in [4.78, 5) is 51.9. The largest absolute Gasteiger partial charge is 0.497 e. The molecule has 3 rings (SSSR count). The average Bonchev–Trinajstić information content (AvgIpc) is 3.34. The molecule has 0 aliphatic carbocycles. The maximum atomic E-state index is 14.0. The summed E-state index contributed by atoms with van der Waals surface area (Å²) in [7, 11) is 1.38. The number of hydrogen-bond donors (Lipinski definition) is 0. The second-order valence-electron chi connectivity index (χ2n) is 10.9. The fraction of sp³-hybridized carbons (Fsp3) is 0.533. The molecule has 0 bridgehead atoms. The summed E-state index contributed by atoms with van der Waals surface area (Å²) in [6, 6.07) is 5.16. The van der Waals surface area contributed by atoms with E-state index in [0.717, 1.165) is 12.8 Å². The molecule has 0 radical (unpaired) electrons. The molecule has 43 heavy (non-hydrogen) atoms. The standard InChI is InChI=1S/C30H35F3N2O8/c1-6-7-8-9-10-15-41-22-16-24(43-23(22)18-42-27(38)29(2,3)4)34-17-21(30(31,32)33)26(37)35(28(34)39)25(36)19-11-13-20(40-5)14-12-19/h11-14,17,22-24H,6-8,15-16,18H2,1-5H3/t22-,23+,24+/m0/s1. The van der Waals surface area contributed by atoms with Gasteiger partial charge in [-0.1, -0.05) is 19.3 Å². The molecule has 2 aromatic rings. The summed E-state index contributed by atoms with van der Waals surface area (Å²) >= 11 is 0. The molecular formula is C30H35F3N2O8. The van der Waals surface area contributed by atoms with Gasteiger partial charge in [-0.2, -0.15) is 17.7 Å². The van der Waals surface area contributed by atoms with E-state index < -0.39 is 58.7 Å². The number of rotatable bonds is 9. The lowest BCUT2D eigenvalue weighted by atomic mass is 9.97. The van der Waals surface area contributed by atoms with Crippen LogP contribution in [0.2, 0.25) is 0 Å². The van der Waals surface area contributed by atoms with Crippen LogP contribution in [-0.4, -0.2) is 53.5 Å². The van der Waals surface area contributed by atoms with Gasteiger partial charge >= 0.3 is 17.8 Å². The van der Waals surface area contributed by atoms with E-state index in [1.807, 2.05) is 6.92 Å². The van der Waals surface area contributed by atoms with Crippen LogP contribution in [-0.2, 0) is 25.2 Å². The molecular weight excluding hydrogens is 573 g/mol. The van der Waals surface area contributed by atoms with Crippen molar-refractivity contribution in [1.82, 2.24) is 9.13 Å². The normalized spacial score (nSPS) is 18.6. The zero-order chi connectivity index (χ0) is 31.9. The van der Waals surface area contributed by atoms with Crippen molar-refractivity contribution in [2.24, 2.45) is 5.41 Å². The van der Waals surface area contributed by atoms with Crippen LogP contribution in [0, 0.1) is 17.3 Å². The topological polar surface area (TPSA) is 115 Å². The van der Waals surface area contributed by atoms with E-state index >= 15 is 0 Å². The van der Waals surface area contributed by atoms with Gasteiger partial charge in [0.1, 0.15) is 36.9 Å². The van der Waals surface area contributed by atoms with Crippen LogP contribution in [0.1, 0.15) is 75.5 Å². The zero-order valence-electron chi connectivity index (χ0n) is 24.7. The van der Waals surface area contributed by atoms with Crippen LogP contribution in [0.3, 0.4) is 0 Å². The number of benzene rings is 1. The van der Waals surface area contributed by atoms with Crippen LogP contribution >= 0.6 is 0 Å². The quantitative estimate of drug-likeness (QED) is 0.237. The summed E-state index contributed by atoms with van der Waals surface area (Å²) in [5.74, 6) is 4.35. The Labute approximate surface area is 246 Å². The van der Waals surface area contributed by atoms with Crippen LogP contribution in [0.5, 0.6) is 5.75 Å². The zero-order valence-corrected chi connectivity index (χ0v) is 24.7. The highest BCUT2D eigenvalue weighted by atomic mass is 19.4. The molecule has 3 atom stereocenters. The molecule has 10 nitrogen and oxygen atoms in total. The number of ether oxygens (including phenoxy) is 4. The molecule has 1 aliphatic rings. The first-order valence-corrected chi connectivity index (χ1v) is 13.7. The van der Waals surface area contributed by atoms with Crippen molar-refractivity contribution in [2.75, 3.05) is 20.3 Å². The van der Waals surface area contributed by atoms with Crippen molar-refractivity contribution in [3.63, 3.8) is 0 Å². The molecule has 234 valence electrons. The molecule has 1 aromatic heterocycles. The van der Waals surface area contributed by atoms with E-state index in [-0.39, 0.29) is 29.8 Å². The molecule has 0 spiro atoms. The second-order valence-corrected chi connectivity index (χ2v) is 10.9. The summed E-state index contributed by atoms with van der Waals surface area (Å²) in [6.45, 7) is 6.62. The number of unbranched alkanes of at least 4 members (excludes halogenated alkanes) is 2. The highest BCUT2D eigenvalue weighted by Crippen LogP contribution is 2.32. The smallest absolute Gasteiger partial charge is 0.423 e. The lowest BCUT2D eigenvalue weighted by molar-refractivity contribution is -0.160. The lowest BCUT2D eigenvalue weighted by Gasteiger charge is -2.22. The number of hydrogen-bond acceptors (Lipinski definition) is 8. The number of aromatic nitrogens is 2. The summed E-state index contributed by atoms with van der Waals surface area (Å²) in [5.41, 5.74) is -5.95. The Bertz CT molecular complexity index is 1480. The summed E-state index contributed by atoms with van der Waals surface area (Å²) < 4.78 is 64.4. The number of methoxy groups -OCH3 is 1. The van der Waals surface area contributed by atoms with Gasteiger partial charge in [0.05, 0.1) is 18.6 Å². The summed E-state index contributed by atoms with van der Waals surface area (Å²) in [6.07, 6.45) is -5.69. The Balaban J connectivity index is 2.01. The third-order valence-corrected chi connectivity index (χ3v) is 6.59. The second kappa shape index (κ2) is 14.1. The van der Waals surface area contributed by atoms with Gasteiger partial charge < -0.3 is 18.9 Å². The minimum Gasteiger partial charge on any atom is -0.497 e. The maximum Gasteiger partial charge on any atom is 0.423 e. The third-order valence-electron chi connectivity index (χ3n) is 6.59. The molecule has 1 aliphatic heterocycles. The summed E-state index contributed by atoms with van der Waals surface area (Å²) in [5, 5.41) is 0. The van der Waals surface area contributed by atoms with E-state index in [1.54, 1.807) is 20.8 Å². The fourth-order valence-electron chi connectivity index (χ4n) is 4.14. The number of carbonyl (C=O) groups excluding carboxylic acids is 2. The maximum absolute atomic E-state index is 14.0. The highest BCUT2D eigenvalue weighted by molar-refractivity contribution is 5.95. The van der Waals surface area contributed by atoms with Gasteiger partial charge in [0, 0.05) is 24.6 Å². The van der Waals surface area contributed by atoms with Gasteiger partial charge in [-0.3, -0.25) is 19.0 Å². The average molecular weight is 609 g/mol. The SMILES string of the molecule is CCCCC#CCO[C@H]1C[C@H](n2cc(C(F)(F)F)c(=O)n(C(=O)c3ccc(OC)cc3)c2=O)O[C@@H]1COC(=O)C(C)(C)C. The Morgan fingerprint density at radius 2 is 1.77 bits per heavy atom. The monoisotopic (exact) mass is 608 g/mol. The van der Waals surface area contributed by atoms with E-state index in [1.165, 1.54) is 31.4 Å². The van der Waals surface area contributed by atoms with Gasteiger partial charge in [-0.15, -0.1) is 5.92 Å². The Morgan fingerprint density at radius 1 is 1.09 bits per heavy atom. The minimum atomic E-state index is -5.20. The van der Waals surface area contributed by atoms with E-state index in [0.29, 0.717) is 22.9 Å². The van der Waals surface area contributed by atoms with Crippen LogP contribution in [0.15, 0.2) is 40.1 Å². The van der Waals surface area contributed by atoms with Crippen molar-refractivity contribution in [3.05, 3.63) is 62.4 Å². The highest BCUT2D eigenvalue weighted by Gasteiger charge is 2.42. The van der Waals surface area contributed by atoms with Crippen molar-refractivity contribution in [3.8, 4) is 17.6 Å².